The molecule has 172 valence electrons. The summed E-state index contributed by atoms with van der Waals surface area (Å²) in [6, 6.07) is -4.52. The van der Waals surface area contributed by atoms with Crippen molar-refractivity contribution < 1.29 is 29.1 Å². The first-order chi connectivity index (χ1) is 14.5. The zero-order chi connectivity index (χ0) is 23.6. The number of aromatic amines is 1. The van der Waals surface area contributed by atoms with Crippen molar-refractivity contribution in [3.63, 3.8) is 0 Å². The lowest BCUT2D eigenvalue weighted by Crippen LogP contribution is -2.57. The van der Waals surface area contributed by atoms with Crippen LogP contribution in [0.15, 0.2) is 12.5 Å². The molecule has 13 nitrogen and oxygen atoms in total. The van der Waals surface area contributed by atoms with E-state index in [9.17, 15) is 24.0 Å². The number of carboxylic acid groups (broad SMARTS) is 1. The van der Waals surface area contributed by atoms with Crippen LogP contribution in [-0.4, -0.2) is 74.6 Å². The number of carbonyl (C=O) groups is 5. The van der Waals surface area contributed by atoms with Gasteiger partial charge in [-0.2, -0.15) is 12.6 Å². The van der Waals surface area contributed by atoms with Gasteiger partial charge in [-0.3, -0.25) is 19.2 Å². The first-order valence-electron chi connectivity index (χ1n) is 9.31. The highest BCUT2D eigenvalue weighted by molar-refractivity contribution is 7.80. The Hall–Kier alpha value is -3.13. The molecule has 0 radical (unpaired) electrons. The topological polar surface area (TPSA) is 222 Å². The second kappa shape index (κ2) is 12.5. The zero-order valence-electron chi connectivity index (χ0n) is 16.8. The molecule has 0 aliphatic rings. The van der Waals surface area contributed by atoms with Crippen molar-refractivity contribution in [3.05, 3.63) is 18.2 Å². The van der Waals surface area contributed by atoms with E-state index >= 15 is 0 Å². The van der Waals surface area contributed by atoms with Gasteiger partial charge in [-0.15, -0.1) is 0 Å². The molecule has 1 aromatic heterocycles. The number of aliphatic carboxylic acids is 1. The van der Waals surface area contributed by atoms with Crippen LogP contribution in [-0.2, 0) is 30.4 Å². The molecule has 0 bridgehead atoms. The highest BCUT2D eigenvalue weighted by Crippen LogP contribution is 2.02. The molecular weight excluding hydrogens is 430 g/mol. The van der Waals surface area contributed by atoms with Gasteiger partial charge in [0.05, 0.1) is 12.4 Å². The van der Waals surface area contributed by atoms with E-state index in [2.05, 4.69) is 38.5 Å². The van der Waals surface area contributed by atoms with Crippen molar-refractivity contribution in [2.75, 3.05) is 5.75 Å². The van der Waals surface area contributed by atoms with Gasteiger partial charge in [0.1, 0.15) is 18.1 Å². The predicted molar refractivity (Wildman–Crippen MR) is 112 cm³/mol. The third-order valence-corrected chi connectivity index (χ3v) is 4.56. The summed E-state index contributed by atoms with van der Waals surface area (Å²) in [5.41, 5.74) is 11.2. The maximum Gasteiger partial charge on any atom is 0.327 e. The molecule has 31 heavy (non-hydrogen) atoms. The summed E-state index contributed by atoms with van der Waals surface area (Å²) in [5.74, 6) is -4.15. The molecule has 0 saturated heterocycles. The van der Waals surface area contributed by atoms with Crippen LogP contribution < -0.4 is 27.4 Å². The Morgan fingerprint density at radius 1 is 1.13 bits per heavy atom. The maximum atomic E-state index is 12.6. The van der Waals surface area contributed by atoms with Crippen LogP contribution in [0.1, 0.15) is 25.5 Å². The fraction of sp³-hybridized carbons (Fsp3) is 0.529. The van der Waals surface area contributed by atoms with Gasteiger partial charge in [0.15, 0.2) is 0 Å². The number of nitrogens with zero attached hydrogens (tertiary/aromatic N) is 1. The van der Waals surface area contributed by atoms with Crippen LogP contribution in [0.2, 0.25) is 0 Å². The van der Waals surface area contributed by atoms with Crippen LogP contribution in [0, 0.1) is 0 Å². The quantitative estimate of drug-likeness (QED) is 0.142. The fourth-order valence-corrected chi connectivity index (χ4v) is 2.64. The lowest BCUT2D eigenvalue weighted by atomic mass is 10.1. The minimum absolute atomic E-state index is 0.00469. The number of H-pyrrole nitrogens is 1. The van der Waals surface area contributed by atoms with Crippen molar-refractivity contribution in [1.82, 2.24) is 25.9 Å². The monoisotopic (exact) mass is 457 g/mol. The number of carbonyl (C=O) groups excluding carboxylic acids is 4. The molecule has 0 aliphatic carbocycles. The molecule has 0 aromatic carbocycles. The number of hydrogen-bond donors (Lipinski definition) is 8. The molecule has 14 heteroatoms. The molecule has 4 atom stereocenters. The summed E-state index contributed by atoms with van der Waals surface area (Å²) in [7, 11) is 0. The smallest absolute Gasteiger partial charge is 0.327 e. The Bertz CT molecular complexity index is 788. The number of carboxylic acids is 1. The Kier molecular flexibility index (Phi) is 10.5. The highest BCUT2D eigenvalue weighted by Gasteiger charge is 2.29. The Morgan fingerprint density at radius 2 is 1.77 bits per heavy atom. The second-order valence-corrected chi connectivity index (χ2v) is 7.13. The minimum atomic E-state index is -1.28. The molecule has 0 fully saturated rings. The Morgan fingerprint density at radius 3 is 2.29 bits per heavy atom. The van der Waals surface area contributed by atoms with Crippen molar-refractivity contribution in [2.24, 2.45) is 11.5 Å². The molecule has 0 aliphatic heterocycles. The van der Waals surface area contributed by atoms with Gasteiger partial charge in [0, 0.05) is 30.5 Å². The molecule has 1 heterocycles. The van der Waals surface area contributed by atoms with Gasteiger partial charge in [-0.25, -0.2) is 9.78 Å². The minimum Gasteiger partial charge on any atom is -0.480 e. The van der Waals surface area contributed by atoms with E-state index in [4.69, 9.17) is 16.6 Å². The standard InChI is InChI=1S/C17H27N7O6S/c1-8(22-15(27)10(18)2-3-13(19)25)14(26)23-11(4-9-5-20-7-21-9)16(28)24-12(6-31)17(29)30/h5,7-8,10-12,31H,2-4,6,18H2,1H3,(H2,19,25)(H,20,21)(H,22,27)(H,23,26)(H,24,28)(H,29,30). The number of hydrogen-bond acceptors (Lipinski definition) is 8. The summed E-state index contributed by atoms with van der Waals surface area (Å²) < 4.78 is 0. The van der Waals surface area contributed by atoms with Crippen molar-refractivity contribution >= 4 is 42.2 Å². The van der Waals surface area contributed by atoms with E-state index in [1.807, 2.05) is 0 Å². The number of amides is 4. The van der Waals surface area contributed by atoms with Gasteiger partial charge >= 0.3 is 5.97 Å². The van der Waals surface area contributed by atoms with Crippen LogP contribution in [0.5, 0.6) is 0 Å². The molecule has 4 amide bonds. The molecule has 9 N–H and O–H groups in total. The third-order valence-electron chi connectivity index (χ3n) is 4.20. The average Bonchev–Trinajstić information content (AvgIpc) is 3.21. The number of primary amides is 1. The van der Waals surface area contributed by atoms with Crippen molar-refractivity contribution in [3.8, 4) is 0 Å². The van der Waals surface area contributed by atoms with E-state index in [0.29, 0.717) is 5.69 Å². The van der Waals surface area contributed by atoms with Crippen LogP contribution in [0.3, 0.4) is 0 Å². The number of imidazole rings is 1. The molecular formula is C17H27N7O6S. The van der Waals surface area contributed by atoms with E-state index in [-0.39, 0.29) is 25.0 Å². The number of rotatable bonds is 13. The van der Waals surface area contributed by atoms with E-state index in [1.165, 1.54) is 19.4 Å². The number of nitrogens with one attached hydrogen (secondary N) is 4. The normalized spacial score (nSPS) is 14.5. The van der Waals surface area contributed by atoms with Gasteiger partial charge in [0.2, 0.25) is 23.6 Å². The first-order valence-corrected chi connectivity index (χ1v) is 9.94. The number of thiol groups is 1. The van der Waals surface area contributed by atoms with E-state index in [1.54, 1.807) is 0 Å². The molecule has 0 spiro atoms. The highest BCUT2D eigenvalue weighted by atomic mass is 32.1. The average molecular weight is 458 g/mol. The molecule has 0 saturated carbocycles. The van der Waals surface area contributed by atoms with E-state index in [0.717, 1.165) is 0 Å². The zero-order valence-corrected chi connectivity index (χ0v) is 17.7. The first kappa shape index (κ1) is 25.9. The summed E-state index contributed by atoms with van der Waals surface area (Å²) in [6.07, 6.45) is 2.76. The van der Waals surface area contributed by atoms with Crippen molar-refractivity contribution in [2.45, 2.75) is 50.4 Å². The Balaban J connectivity index is 2.79. The maximum absolute atomic E-state index is 12.6. The van der Waals surface area contributed by atoms with Crippen LogP contribution >= 0.6 is 12.6 Å². The van der Waals surface area contributed by atoms with Gasteiger partial charge < -0.3 is 37.5 Å². The predicted octanol–water partition coefficient (Wildman–Crippen LogP) is -2.97. The van der Waals surface area contributed by atoms with Crippen molar-refractivity contribution in [1.29, 1.82) is 0 Å². The fourth-order valence-electron chi connectivity index (χ4n) is 2.39. The van der Waals surface area contributed by atoms with Crippen LogP contribution in [0.25, 0.3) is 0 Å². The molecule has 1 aromatic rings. The largest absolute Gasteiger partial charge is 0.480 e. The van der Waals surface area contributed by atoms with Gasteiger partial charge in [-0.05, 0) is 13.3 Å². The summed E-state index contributed by atoms with van der Waals surface area (Å²) >= 11 is 3.89. The molecule has 4 unspecified atom stereocenters. The second-order valence-electron chi connectivity index (χ2n) is 6.77. The lowest BCUT2D eigenvalue weighted by molar-refractivity contribution is -0.141. The van der Waals surface area contributed by atoms with Gasteiger partial charge in [-0.1, -0.05) is 0 Å². The molecule has 1 rings (SSSR count). The Labute approximate surface area is 183 Å². The van der Waals surface area contributed by atoms with E-state index < -0.39 is 53.8 Å². The van der Waals surface area contributed by atoms with Crippen LogP contribution in [0.4, 0.5) is 0 Å². The SMILES string of the molecule is CC(NC(=O)C(N)CCC(N)=O)C(=O)NC(Cc1cnc[nH]1)C(=O)NC(CS)C(=O)O. The summed E-state index contributed by atoms with van der Waals surface area (Å²) in [5, 5.41) is 16.3. The third kappa shape index (κ3) is 9.04. The summed E-state index contributed by atoms with van der Waals surface area (Å²) in [4.78, 5) is 65.7. The number of nitrogens with two attached hydrogens (primary N) is 2. The summed E-state index contributed by atoms with van der Waals surface area (Å²) in [6.45, 7) is 1.38. The number of aromatic nitrogens is 2. The lowest BCUT2D eigenvalue weighted by Gasteiger charge is -2.23. The van der Waals surface area contributed by atoms with Gasteiger partial charge in [0.25, 0.3) is 0 Å².